The summed E-state index contributed by atoms with van der Waals surface area (Å²) >= 11 is 1.89. The normalized spacial score (nSPS) is 12.4. The maximum atomic E-state index is 5.07. The predicted octanol–water partition coefficient (Wildman–Crippen LogP) is 9.61. The highest BCUT2D eigenvalue weighted by molar-refractivity contribution is 7.25. The van der Waals surface area contributed by atoms with Crippen molar-refractivity contribution in [3.63, 3.8) is 0 Å². The van der Waals surface area contributed by atoms with Crippen LogP contribution in [0.2, 0.25) is 0 Å². The fraction of sp³-hybridized carbons (Fsp3) is 0.0556. The van der Waals surface area contributed by atoms with Gasteiger partial charge in [0.15, 0.2) is 5.82 Å². The molecule has 0 amide bonds. The van der Waals surface area contributed by atoms with Crippen molar-refractivity contribution in [1.82, 2.24) is 9.97 Å². The van der Waals surface area contributed by atoms with Crippen molar-refractivity contribution in [2.75, 3.05) is 0 Å². The van der Waals surface area contributed by atoms with Crippen LogP contribution in [0.15, 0.2) is 121 Å². The molecular weight excluding hydrogens is 492 g/mol. The number of thiophene rings is 1. The number of hydrogen-bond donors (Lipinski definition) is 0. The molecule has 0 saturated heterocycles. The van der Waals surface area contributed by atoms with E-state index in [-0.39, 0.29) is 0 Å². The summed E-state index contributed by atoms with van der Waals surface area (Å²) in [5.41, 5.74) is 10.7. The van der Waals surface area contributed by atoms with E-state index in [1.807, 2.05) is 23.5 Å². The minimum absolute atomic E-state index is 0.767. The molecule has 2 nitrogen and oxygen atoms in total. The Morgan fingerprint density at radius 2 is 1.18 bits per heavy atom. The molecule has 2 heterocycles. The van der Waals surface area contributed by atoms with Gasteiger partial charge in [-0.3, -0.25) is 0 Å². The lowest BCUT2D eigenvalue weighted by atomic mass is 9.82. The Bertz CT molecular complexity index is 1950. The van der Waals surface area contributed by atoms with Gasteiger partial charge in [-0.15, -0.1) is 11.3 Å². The number of nitrogens with zero attached hydrogens (tertiary/aromatic N) is 2. The van der Waals surface area contributed by atoms with Crippen molar-refractivity contribution >= 4 is 31.5 Å². The molecule has 0 fully saturated rings. The molecule has 2 aromatic heterocycles. The minimum Gasteiger partial charge on any atom is -0.228 e. The monoisotopic (exact) mass is 516 g/mol. The van der Waals surface area contributed by atoms with Crippen molar-refractivity contribution in [2.45, 2.75) is 12.8 Å². The Morgan fingerprint density at radius 3 is 1.92 bits per heavy atom. The summed E-state index contributed by atoms with van der Waals surface area (Å²) in [6.45, 7) is 0. The highest BCUT2D eigenvalue weighted by Gasteiger charge is 2.22. The fourth-order valence-corrected chi connectivity index (χ4v) is 7.03. The van der Waals surface area contributed by atoms with Crippen molar-refractivity contribution in [3.05, 3.63) is 132 Å². The molecule has 5 aromatic carbocycles. The largest absolute Gasteiger partial charge is 0.228 e. The molecule has 0 spiro atoms. The lowest BCUT2D eigenvalue weighted by Gasteiger charge is -2.22. The van der Waals surface area contributed by atoms with Crippen LogP contribution in [0, 0.1) is 0 Å². The van der Waals surface area contributed by atoms with Crippen LogP contribution in [-0.4, -0.2) is 9.97 Å². The second kappa shape index (κ2) is 9.00. The summed E-state index contributed by atoms with van der Waals surface area (Å²) in [6.07, 6.45) is 2.07. The molecule has 0 N–H and O–H groups in total. The van der Waals surface area contributed by atoms with Gasteiger partial charge in [0, 0.05) is 36.9 Å². The van der Waals surface area contributed by atoms with Crippen LogP contribution in [0.3, 0.4) is 0 Å². The molecule has 184 valence electrons. The van der Waals surface area contributed by atoms with Crippen LogP contribution < -0.4 is 0 Å². The summed E-state index contributed by atoms with van der Waals surface area (Å²) in [5, 5.41) is 2.76. The molecule has 0 unspecified atom stereocenters. The van der Waals surface area contributed by atoms with E-state index in [0.29, 0.717) is 0 Å². The lowest BCUT2D eigenvalue weighted by molar-refractivity contribution is 0.945. The average Bonchev–Trinajstić information content (AvgIpc) is 3.40. The fourth-order valence-electron chi connectivity index (χ4n) is 5.92. The standard InChI is InChI=1S/C36H24N2S/c1-3-9-23(10-4-1)30-22-31(24-11-5-2-6-12-24)38-36(37-30)27-17-19-28-26(21-27)16-15-25-18-20-33-35(34(25)28)29-13-7-8-14-32(29)39-33/h1-14,17-22H,15-16H2. The quantitative estimate of drug-likeness (QED) is 0.234. The third kappa shape index (κ3) is 3.77. The Balaban J connectivity index is 1.31. The van der Waals surface area contributed by atoms with E-state index in [4.69, 9.17) is 9.97 Å². The first-order valence-corrected chi connectivity index (χ1v) is 14.2. The summed E-state index contributed by atoms with van der Waals surface area (Å²) in [5.74, 6) is 0.767. The van der Waals surface area contributed by atoms with Crippen molar-refractivity contribution in [2.24, 2.45) is 0 Å². The highest BCUT2D eigenvalue weighted by atomic mass is 32.1. The van der Waals surface area contributed by atoms with Gasteiger partial charge in [-0.25, -0.2) is 9.97 Å². The van der Waals surface area contributed by atoms with Gasteiger partial charge in [0.1, 0.15) is 0 Å². The SMILES string of the molecule is c1ccc(-c2cc(-c3ccccc3)nc(-c3ccc4c(c3)CCc3ccc5sc6ccccc6c5c3-4)n2)cc1. The molecule has 3 heteroatoms. The zero-order chi connectivity index (χ0) is 25.8. The van der Waals surface area contributed by atoms with Gasteiger partial charge in [0.2, 0.25) is 0 Å². The average molecular weight is 517 g/mol. The molecule has 39 heavy (non-hydrogen) atoms. The second-order valence-electron chi connectivity index (χ2n) is 10.1. The number of aromatic nitrogens is 2. The van der Waals surface area contributed by atoms with E-state index in [1.165, 1.54) is 42.4 Å². The lowest BCUT2D eigenvalue weighted by Crippen LogP contribution is -2.05. The summed E-state index contributed by atoms with van der Waals surface area (Å²) in [4.78, 5) is 10.1. The van der Waals surface area contributed by atoms with Gasteiger partial charge in [-0.1, -0.05) is 97.1 Å². The van der Waals surface area contributed by atoms with Gasteiger partial charge < -0.3 is 0 Å². The topological polar surface area (TPSA) is 25.8 Å². The Labute approximate surface area is 231 Å². The molecule has 1 aliphatic rings. The van der Waals surface area contributed by atoms with Gasteiger partial charge in [0.05, 0.1) is 11.4 Å². The number of hydrogen-bond acceptors (Lipinski definition) is 3. The maximum absolute atomic E-state index is 5.07. The third-order valence-corrected chi connectivity index (χ3v) is 8.93. The van der Waals surface area contributed by atoms with Crippen LogP contribution in [0.5, 0.6) is 0 Å². The first kappa shape index (κ1) is 22.4. The van der Waals surface area contributed by atoms with E-state index in [0.717, 1.165) is 46.7 Å². The third-order valence-electron chi connectivity index (χ3n) is 7.79. The van der Waals surface area contributed by atoms with E-state index < -0.39 is 0 Å². The first-order chi connectivity index (χ1) is 19.3. The molecule has 0 bridgehead atoms. The number of fused-ring (bicyclic) bond motifs is 7. The van der Waals surface area contributed by atoms with Gasteiger partial charge >= 0.3 is 0 Å². The molecule has 0 radical (unpaired) electrons. The maximum Gasteiger partial charge on any atom is 0.160 e. The van der Waals surface area contributed by atoms with Gasteiger partial charge in [-0.2, -0.15) is 0 Å². The molecular formula is C36H24N2S. The van der Waals surface area contributed by atoms with Crippen LogP contribution in [-0.2, 0) is 12.8 Å². The predicted molar refractivity (Wildman–Crippen MR) is 164 cm³/mol. The summed E-state index contributed by atoms with van der Waals surface area (Å²) < 4.78 is 2.71. The van der Waals surface area contributed by atoms with Crippen LogP contribution in [0.4, 0.5) is 0 Å². The Kier molecular flexibility index (Phi) is 5.17. The molecule has 0 saturated carbocycles. The zero-order valence-electron chi connectivity index (χ0n) is 21.3. The summed E-state index contributed by atoms with van der Waals surface area (Å²) in [6, 6.07) is 43.1. The van der Waals surface area contributed by atoms with Crippen LogP contribution in [0.25, 0.3) is 65.2 Å². The van der Waals surface area contributed by atoms with Gasteiger partial charge in [-0.05, 0) is 59.4 Å². The zero-order valence-corrected chi connectivity index (χ0v) is 22.1. The molecule has 8 rings (SSSR count). The highest BCUT2D eigenvalue weighted by Crippen LogP contribution is 2.45. The summed E-state index contributed by atoms with van der Waals surface area (Å²) in [7, 11) is 0. The smallest absolute Gasteiger partial charge is 0.160 e. The van der Waals surface area contributed by atoms with Crippen LogP contribution in [0.1, 0.15) is 11.1 Å². The molecule has 1 aliphatic carbocycles. The minimum atomic E-state index is 0.767. The number of aryl methyl sites for hydroxylation is 2. The van der Waals surface area contributed by atoms with Crippen molar-refractivity contribution < 1.29 is 0 Å². The van der Waals surface area contributed by atoms with Gasteiger partial charge in [0.25, 0.3) is 0 Å². The van der Waals surface area contributed by atoms with E-state index >= 15 is 0 Å². The first-order valence-electron chi connectivity index (χ1n) is 13.4. The van der Waals surface area contributed by atoms with E-state index in [1.54, 1.807) is 0 Å². The Hall–Kier alpha value is -4.60. The number of benzene rings is 5. The molecule has 7 aromatic rings. The number of rotatable bonds is 3. The van der Waals surface area contributed by atoms with E-state index in [9.17, 15) is 0 Å². The van der Waals surface area contributed by atoms with Crippen molar-refractivity contribution in [1.29, 1.82) is 0 Å². The van der Waals surface area contributed by atoms with Crippen LogP contribution >= 0.6 is 11.3 Å². The Morgan fingerprint density at radius 1 is 0.513 bits per heavy atom. The van der Waals surface area contributed by atoms with Crippen molar-refractivity contribution in [3.8, 4) is 45.0 Å². The molecule has 0 atom stereocenters. The second-order valence-corrected chi connectivity index (χ2v) is 11.2. The molecule has 0 aliphatic heterocycles. The van der Waals surface area contributed by atoms with E-state index in [2.05, 4.69) is 109 Å².